The molecule has 0 spiro atoms. The Morgan fingerprint density at radius 3 is 2.78 bits per heavy atom. The van der Waals surface area contributed by atoms with E-state index in [2.05, 4.69) is 10.2 Å². The Balaban J connectivity index is 2.59. The molecule has 5 heteroatoms. The van der Waals surface area contributed by atoms with Gasteiger partial charge in [0.05, 0.1) is 5.69 Å². The highest BCUT2D eigenvalue weighted by Gasteiger charge is 2.14. The van der Waals surface area contributed by atoms with Gasteiger partial charge < -0.3 is 20.5 Å². The summed E-state index contributed by atoms with van der Waals surface area (Å²) in [6.45, 7) is 5.71. The van der Waals surface area contributed by atoms with E-state index in [-0.39, 0.29) is 11.9 Å². The van der Waals surface area contributed by atoms with Gasteiger partial charge in [-0.15, -0.1) is 0 Å². The molecule has 18 heavy (non-hydrogen) atoms. The van der Waals surface area contributed by atoms with Gasteiger partial charge in [-0.3, -0.25) is 4.79 Å². The summed E-state index contributed by atoms with van der Waals surface area (Å²) < 4.78 is 1.86. The highest BCUT2D eigenvalue weighted by atomic mass is 16.2. The SMILES string of the molecule is CCn1cc(N)cc1C(=O)NC(C)CCN(C)C. The molecular formula is C13H24N4O. The molecule has 1 heterocycles. The number of aromatic nitrogens is 1. The summed E-state index contributed by atoms with van der Waals surface area (Å²) >= 11 is 0. The molecule has 0 saturated heterocycles. The zero-order valence-corrected chi connectivity index (χ0v) is 11.7. The number of aryl methyl sites for hydroxylation is 1. The van der Waals surface area contributed by atoms with Crippen LogP contribution in [0, 0.1) is 0 Å². The molecule has 1 amide bonds. The van der Waals surface area contributed by atoms with Crippen molar-refractivity contribution in [1.82, 2.24) is 14.8 Å². The van der Waals surface area contributed by atoms with E-state index in [1.165, 1.54) is 0 Å². The number of rotatable bonds is 6. The van der Waals surface area contributed by atoms with Gasteiger partial charge in [-0.05, 0) is 47.0 Å². The zero-order chi connectivity index (χ0) is 13.7. The second-order valence-corrected chi connectivity index (χ2v) is 4.91. The first-order valence-corrected chi connectivity index (χ1v) is 6.35. The minimum Gasteiger partial charge on any atom is -0.397 e. The summed E-state index contributed by atoms with van der Waals surface area (Å²) in [6.07, 6.45) is 2.72. The second-order valence-electron chi connectivity index (χ2n) is 4.91. The van der Waals surface area contributed by atoms with Crippen LogP contribution >= 0.6 is 0 Å². The average Bonchev–Trinajstić information content (AvgIpc) is 2.68. The van der Waals surface area contributed by atoms with E-state index < -0.39 is 0 Å². The Kier molecular flexibility index (Phi) is 5.22. The Labute approximate surface area is 109 Å². The van der Waals surface area contributed by atoms with Crippen LogP contribution in [0.15, 0.2) is 12.3 Å². The first-order valence-electron chi connectivity index (χ1n) is 6.35. The summed E-state index contributed by atoms with van der Waals surface area (Å²) in [5, 5.41) is 3.00. The van der Waals surface area contributed by atoms with E-state index in [0.717, 1.165) is 19.5 Å². The number of nitrogens with one attached hydrogen (secondary N) is 1. The molecule has 1 rings (SSSR count). The number of carbonyl (C=O) groups excluding carboxylic acids is 1. The molecule has 0 saturated carbocycles. The highest BCUT2D eigenvalue weighted by molar-refractivity contribution is 5.94. The molecule has 0 aliphatic rings. The number of nitrogens with zero attached hydrogens (tertiary/aromatic N) is 2. The van der Waals surface area contributed by atoms with Crippen molar-refractivity contribution in [3.8, 4) is 0 Å². The van der Waals surface area contributed by atoms with E-state index in [9.17, 15) is 4.79 Å². The van der Waals surface area contributed by atoms with Crippen LogP contribution < -0.4 is 11.1 Å². The minimum absolute atomic E-state index is 0.0557. The zero-order valence-electron chi connectivity index (χ0n) is 11.7. The number of hydrogen-bond donors (Lipinski definition) is 2. The van der Waals surface area contributed by atoms with Gasteiger partial charge in [0.1, 0.15) is 5.69 Å². The van der Waals surface area contributed by atoms with Crippen LogP contribution in [-0.4, -0.2) is 42.1 Å². The Bertz CT molecular complexity index is 398. The van der Waals surface area contributed by atoms with Crippen molar-refractivity contribution in [1.29, 1.82) is 0 Å². The lowest BCUT2D eigenvalue weighted by Gasteiger charge is -2.17. The average molecular weight is 252 g/mol. The lowest BCUT2D eigenvalue weighted by atomic mass is 10.2. The third-order valence-electron chi connectivity index (χ3n) is 2.88. The van der Waals surface area contributed by atoms with Crippen LogP contribution in [0.2, 0.25) is 0 Å². The lowest BCUT2D eigenvalue weighted by molar-refractivity contribution is 0.0927. The fourth-order valence-electron chi connectivity index (χ4n) is 1.81. The molecule has 0 aliphatic carbocycles. The van der Waals surface area contributed by atoms with Gasteiger partial charge in [-0.1, -0.05) is 0 Å². The van der Waals surface area contributed by atoms with Gasteiger partial charge in [0, 0.05) is 18.8 Å². The van der Waals surface area contributed by atoms with Crippen LogP contribution in [0.1, 0.15) is 30.8 Å². The molecule has 1 atom stereocenters. The number of nitrogen functional groups attached to an aromatic ring is 1. The molecule has 1 aromatic rings. The third kappa shape index (κ3) is 4.07. The molecule has 1 aromatic heterocycles. The first-order chi connectivity index (χ1) is 8.43. The Hall–Kier alpha value is -1.49. The van der Waals surface area contributed by atoms with Crippen molar-refractivity contribution < 1.29 is 4.79 Å². The molecule has 1 unspecified atom stereocenters. The lowest BCUT2D eigenvalue weighted by Crippen LogP contribution is -2.35. The van der Waals surface area contributed by atoms with Crippen LogP contribution in [-0.2, 0) is 6.54 Å². The smallest absolute Gasteiger partial charge is 0.268 e. The quantitative estimate of drug-likeness (QED) is 0.798. The number of anilines is 1. The Morgan fingerprint density at radius 1 is 1.56 bits per heavy atom. The van der Waals surface area contributed by atoms with Gasteiger partial charge in [-0.25, -0.2) is 0 Å². The van der Waals surface area contributed by atoms with E-state index in [4.69, 9.17) is 5.73 Å². The molecule has 5 nitrogen and oxygen atoms in total. The van der Waals surface area contributed by atoms with Gasteiger partial charge in [0.15, 0.2) is 0 Å². The number of carbonyl (C=O) groups is 1. The standard InChI is InChI=1S/C13H24N4O/c1-5-17-9-11(14)8-12(17)13(18)15-10(2)6-7-16(3)4/h8-10H,5-7,14H2,1-4H3,(H,15,18). The number of hydrogen-bond acceptors (Lipinski definition) is 3. The van der Waals surface area contributed by atoms with Crippen LogP contribution in [0.4, 0.5) is 5.69 Å². The van der Waals surface area contributed by atoms with E-state index in [1.54, 1.807) is 12.3 Å². The molecular weight excluding hydrogens is 228 g/mol. The van der Waals surface area contributed by atoms with Crippen LogP contribution in [0.25, 0.3) is 0 Å². The van der Waals surface area contributed by atoms with Crippen molar-refractivity contribution >= 4 is 11.6 Å². The van der Waals surface area contributed by atoms with E-state index in [0.29, 0.717) is 11.4 Å². The Morgan fingerprint density at radius 2 is 2.22 bits per heavy atom. The van der Waals surface area contributed by atoms with Gasteiger partial charge in [0.25, 0.3) is 5.91 Å². The predicted octanol–water partition coefficient (Wildman–Crippen LogP) is 1.16. The summed E-state index contributed by atoms with van der Waals surface area (Å²) in [7, 11) is 4.05. The van der Waals surface area contributed by atoms with Crippen molar-refractivity contribution in [3.63, 3.8) is 0 Å². The first kappa shape index (κ1) is 14.6. The van der Waals surface area contributed by atoms with Crippen molar-refractivity contribution in [2.24, 2.45) is 0 Å². The van der Waals surface area contributed by atoms with Crippen molar-refractivity contribution in [2.45, 2.75) is 32.9 Å². The van der Waals surface area contributed by atoms with Gasteiger partial charge >= 0.3 is 0 Å². The summed E-state index contributed by atoms with van der Waals surface area (Å²) in [4.78, 5) is 14.2. The molecule has 0 bridgehead atoms. The monoisotopic (exact) mass is 252 g/mol. The number of amides is 1. The van der Waals surface area contributed by atoms with Crippen molar-refractivity contribution in [3.05, 3.63) is 18.0 Å². The van der Waals surface area contributed by atoms with Gasteiger partial charge in [-0.2, -0.15) is 0 Å². The molecule has 3 N–H and O–H groups in total. The maximum Gasteiger partial charge on any atom is 0.268 e. The molecule has 0 radical (unpaired) electrons. The summed E-state index contributed by atoms with van der Waals surface area (Å²) in [5.74, 6) is -0.0557. The molecule has 102 valence electrons. The largest absolute Gasteiger partial charge is 0.397 e. The summed E-state index contributed by atoms with van der Waals surface area (Å²) in [6, 6.07) is 1.87. The van der Waals surface area contributed by atoms with Gasteiger partial charge in [0.2, 0.25) is 0 Å². The topological polar surface area (TPSA) is 63.3 Å². The van der Waals surface area contributed by atoms with Crippen LogP contribution in [0.5, 0.6) is 0 Å². The molecule has 0 aromatic carbocycles. The third-order valence-corrected chi connectivity index (χ3v) is 2.88. The summed E-state index contributed by atoms with van der Waals surface area (Å²) in [5.41, 5.74) is 6.97. The minimum atomic E-state index is -0.0557. The predicted molar refractivity (Wildman–Crippen MR) is 74.6 cm³/mol. The molecule has 0 aliphatic heterocycles. The fraction of sp³-hybridized carbons (Fsp3) is 0.615. The van der Waals surface area contributed by atoms with E-state index in [1.807, 2.05) is 32.5 Å². The second kappa shape index (κ2) is 6.44. The molecule has 0 fully saturated rings. The highest BCUT2D eigenvalue weighted by Crippen LogP contribution is 2.10. The van der Waals surface area contributed by atoms with E-state index >= 15 is 0 Å². The fourth-order valence-corrected chi connectivity index (χ4v) is 1.81. The maximum absolute atomic E-state index is 12.1. The van der Waals surface area contributed by atoms with Crippen molar-refractivity contribution in [2.75, 3.05) is 26.4 Å². The van der Waals surface area contributed by atoms with Crippen LogP contribution in [0.3, 0.4) is 0 Å². The number of nitrogens with two attached hydrogens (primary N) is 1. The normalized spacial score (nSPS) is 12.7. The maximum atomic E-state index is 12.1.